The van der Waals surface area contributed by atoms with Crippen molar-refractivity contribution in [3.05, 3.63) is 38.3 Å². The van der Waals surface area contributed by atoms with E-state index in [9.17, 15) is 5.11 Å². The number of hydrogen-bond acceptors (Lipinski definition) is 11. The van der Waals surface area contributed by atoms with Crippen LogP contribution in [0.5, 0.6) is 0 Å². The number of nitrogens with zero attached hydrogens (tertiary/aromatic N) is 4. The van der Waals surface area contributed by atoms with Gasteiger partial charge in [-0.05, 0) is 57.2 Å². The fourth-order valence-corrected chi connectivity index (χ4v) is 7.69. The number of hydrogen-bond donors (Lipinski definition) is 2. The third-order valence-corrected chi connectivity index (χ3v) is 10.1. The number of aliphatic hydroxyl groups excluding tert-OH is 1. The van der Waals surface area contributed by atoms with Gasteiger partial charge in [-0.3, -0.25) is 0 Å². The smallest absolute Gasteiger partial charge is 0.189 e. The Kier molecular flexibility index (Phi) is 8.52. The van der Waals surface area contributed by atoms with E-state index >= 15 is 0 Å². The molecule has 2 aromatic rings. The fourth-order valence-electron chi connectivity index (χ4n) is 5.74. The Labute approximate surface area is 248 Å². The molecule has 1 saturated carbocycles. The first-order valence-corrected chi connectivity index (χ1v) is 16.3. The summed E-state index contributed by atoms with van der Waals surface area (Å²) in [5.41, 5.74) is 3.59. The van der Waals surface area contributed by atoms with Crippen molar-refractivity contribution in [2.45, 2.75) is 88.0 Å². The summed E-state index contributed by atoms with van der Waals surface area (Å²) in [6.45, 7) is 6.88. The van der Waals surface area contributed by atoms with Gasteiger partial charge in [-0.2, -0.15) is 5.11 Å². The first-order chi connectivity index (χ1) is 19.3. The van der Waals surface area contributed by atoms with E-state index in [0.29, 0.717) is 31.2 Å². The van der Waals surface area contributed by atoms with Crippen LogP contribution in [-0.4, -0.2) is 64.7 Å². The molecule has 9 nitrogen and oxygen atoms in total. The zero-order valence-electron chi connectivity index (χ0n) is 23.1. The Bertz CT molecular complexity index is 1300. The van der Waals surface area contributed by atoms with Gasteiger partial charge in [0.25, 0.3) is 0 Å². The van der Waals surface area contributed by atoms with Crippen LogP contribution in [-0.2, 0) is 20.6 Å². The molecule has 2 fully saturated rings. The summed E-state index contributed by atoms with van der Waals surface area (Å²) >= 11 is 9.51. The predicted molar refractivity (Wildman–Crippen MR) is 157 cm³/mol. The molecule has 0 unspecified atom stereocenters. The van der Waals surface area contributed by atoms with Crippen LogP contribution in [0, 0.1) is 5.92 Å². The molecule has 40 heavy (non-hydrogen) atoms. The van der Waals surface area contributed by atoms with E-state index in [2.05, 4.69) is 18.3 Å². The second-order valence-electron chi connectivity index (χ2n) is 11.2. The Morgan fingerprint density at radius 2 is 2.12 bits per heavy atom. The molecule has 4 heterocycles. The number of thiophene rings is 1. The second-order valence-corrected chi connectivity index (χ2v) is 14.0. The lowest BCUT2D eigenvalue weighted by Gasteiger charge is -2.25. The molecular weight excluding hydrogens is 570 g/mol. The monoisotopic (exact) mass is 605 g/mol. The molecule has 0 spiro atoms. The summed E-state index contributed by atoms with van der Waals surface area (Å²) < 4.78 is 19.5. The van der Waals surface area contributed by atoms with Crippen LogP contribution in [0.4, 0.5) is 11.5 Å². The average molecular weight is 606 g/mol. The molecule has 1 saturated heterocycles. The van der Waals surface area contributed by atoms with Gasteiger partial charge in [0.05, 0.1) is 41.7 Å². The zero-order valence-corrected chi connectivity index (χ0v) is 25.4. The zero-order chi connectivity index (χ0) is 27.9. The van der Waals surface area contributed by atoms with Crippen molar-refractivity contribution in [3.8, 4) is 0 Å². The number of aliphatic hydroxyl groups is 1. The van der Waals surface area contributed by atoms with Crippen molar-refractivity contribution < 1.29 is 19.3 Å². The third kappa shape index (κ3) is 6.11. The highest BCUT2D eigenvalue weighted by molar-refractivity contribution is 7.99. The number of fused-ring (bicyclic) bond motifs is 3. The van der Waals surface area contributed by atoms with Crippen LogP contribution >= 0.6 is 34.7 Å². The van der Waals surface area contributed by atoms with E-state index in [4.69, 9.17) is 46.0 Å². The molecule has 0 radical (unpaired) electrons. The number of allylic oxidation sites excluding steroid dienone is 1. The molecule has 6 rings (SSSR count). The van der Waals surface area contributed by atoms with Gasteiger partial charge in [-0.15, -0.1) is 16.5 Å². The van der Waals surface area contributed by atoms with Crippen molar-refractivity contribution in [2.75, 3.05) is 30.9 Å². The number of thioether (sulfide) groups is 1. The van der Waals surface area contributed by atoms with Crippen LogP contribution in [0.15, 0.2) is 38.8 Å². The molecule has 0 aromatic carbocycles. The molecular formula is C28H36ClN5O4S2. The van der Waals surface area contributed by atoms with Crippen LogP contribution in [0.3, 0.4) is 0 Å². The average Bonchev–Trinajstić information content (AvgIpc) is 3.51. The fraction of sp³-hybridized carbons (Fsp3) is 0.643. The Hall–Kier alpha value is -1.60. The minimum Gasteiger partial charge on any atom is -0.394 e. The molecule has 0 bridgehead atoms. The van der Waals surface area contributed by atoms with E-state index in [1.807, 2.05) is 19.9 Å². The van der Waals surface area contributed by atoms with E-state index in [0.717, 1.165) is 63.7 Å². The standard InChI is InChI=1S/C28H36ClN5O4S2/c1-4-11-39-27-31-20-13-17-18(6-5-15(14-36-10-9-35)24-25(17)38-28(2,3)37-24)33-34-23(20)26(32-27)30-19-12-16(19)21-7-8-22(29)40-21/h7-8,15-16,19,24-25,35H,4-6,9-14H2,1-3H3,(H,30,31,32)/t15-,16-,19-,24-,25+/m1/s1. The lowest BCUT2D eigenvalue weighted by molar-refractivity contribution is -0.151. The van der Waals surface area contributed by atoms with Crippen molar-refractivity contribution in [3.63, 3.8) is 0 Å². The lowest BCUT2D eigenvalue weighted by atomic mass is 9.92. The predicted octanol–water partition coefficient (Wildman–Crippen LogP) is 6.49. The maximum Gasteiger partial charge on any atom is 0.189 e. The topological polar surface area (TPSA) is 110 Å². The van der Waals surface area contributed by atoms with Crippen molar-refractivity contribution in [1.29, 1.82) is 0 Å². The van der Waals surface area contributed by atoms with Gasteiger partial charge in [-0.25, -0.2) is 9.97 Å². The minimum absolute atomic E-state index is 0.000535. The van der Waals surface area contributed by atoms with Crippen LogP contribution < -0.4 is 5.32 Å². The number of rotatable bonds is 10. The summed E-state index contributed by atoms with van der Waals surface area (Å²) in [5.74, 6) is 1.51. The Balaban J connectivity index is 1.30. The largest absolute Gasteiger partial charge is 0.394 e. The first-order valence-electron chi connectivity index (χ1n) is 14.1. The molecule has 5 atom stereocenters. The highest BCUT2D eigenvalue weighted by Crippen LogP contribution is 2.49. The maximum absolute atomic E-state index is 9.20. The summed E-state index contributed by atoms with van der Waals surface area (Å²) in [4.78, 5) is 11.2. The summed E-state index contributed by atoms with van der Waals surface area (Å²) in [7, 11) is 0. The van der Waals surface area contributed by atoms with Gasteiger partial charge in [0.2, 0.25) is 0 Å². The highest BCUT2D eigenvalue weighted by Gasteiger charge is 2.49. The molecule has 2 aromatic heterocycles. The molecule has 2 aliphatic heterocycles. The van der Waals surface area contributed by atoms with Gasteiger partial charge in [0.1, 0.15) is 11.8 Å². The third-order valence-electron chi connectivity index (χ3n) is 7.70. The van der Waals surface area contributed by atoms with E-state index in [1.54, 1.807) is 23.1 Å². The lowest BCUT2D eigenvalue weighted by Crippen LogP contribution is -2.34. The number of aromatic nitrogens is 2. The Morgan fingerprint density at radius 1 is 1.25 bits per heavy atom. The molecule has 2 N–H and O–H groups in total. The summed E-state index contributed by atoms with van der Waals surface area (Å²) in [6.07, 6.45) is 3.79. The summed E-state index contributed by atoms with van der Waals surface area (Å²) in [5, 5.41) is 23.2. The molecule has 0 amide bonds. The second kappa shape index (κ2) is 11.9. The normalized spacial score (nSPS) is 28.5. The minimum atomic E-state index is -0.724. The van der Waals surface area contributed by atoms with Crippen LogP contribution in [0.2, 0.25) is 4.34 Å². The number of azo groups is 1. The van der Waals surface area contributed by atoms with Gasteiger partial charge in [-0.1, -0.05) is 30.3 Å². The molecule has 4 aliphatic rings. The van der Waals surface area contributed by atoms with Gasteiger partial charge >= 0.3 is 0 Å². The van der Waals surface area contributed by atoms with Gasteiger partial charge < -0.3 is 24.6 Å². The number of nitrogens with one attached hydrogen (secondary N) is 1. The van der Waals surface area contributed by atoms with Gasteiger partial charge in [0.15, 0.2) is 16.8 Å². The summed E-state index contributed by atoms with van der Waals surface area (Å²) in [6, 6.07) is 4.36. The van der Waals surface area contributed by atoms with Crippen molar-refractivity contribution in [2.24, 2.45) is 16.1 Å². The van der Waals surface area contributed by atoms with Crippen molar-refractivity contribution >= 4 is 46.2 Å². The Morgan fingerprint density at radius 3 is 2.90 bits per heavy atom. The number of ether oxygens (including phenoxy) is 3. The van der Waals surface area contributed by atoms with E-state index in [-0.39, 0.29) is 30.8 Å². The highest BCUT2D eigenvalue weighted by atomic mass is 35.5. The van der Waals surface area contributed by atoms with Crippen LogP contribution in [0.25, 0.3) is 0 Å². The first kappa shape index (κ1) is 28.5. The van der Waals surface area contributed by atoms with Gasteiger partial charge in [0, 0.05) is 34.9 Å². The van der Waals surface area contributed by atoms with Crippen molar-refractivity contribution in [1.82, 2.24) is 9.97 Å². The SMILES string of the molecule is CCCSc1nc2c(c(N[C@@H]3C[C@H]3c3ccc(Cl)s3)n1)N=NC1=C(C2)[C@@H]2OC(C)(C)O[C@@H]2[C@@H](COCCO)CC1. The molecule has 12 heteroatoms. The van der Waals surface area contributed by atoms with Crippen LogP contribution in [0.1, 0.15) is 62.9 Å². The molecule has 2 aliphatic carbocycles. The van der Waals surface area contributed by atoms with E-state index in [1.165, 1.54) is 4.88 Å². The number of anilines is 1. The van der Waals surface area contributed by atoms with E-state index < -0.39 is 5.79 Å². The molecule has 216 valence electrons. The number of halogens is 1. The maximum atomic E-state index is 9.20. The quantitative estimate of drug-likeness (QED) is 0.179.